The van der Waals surface area contributed by atoms with Crippen LogP contribution < -0.4 is 5.32 Å². The highest BCUT2D eigenvalue weighted by Gasteiger charge is 2.31. The van der Waals surface area contributed by atoms with Crippen molar-refractivity contribution in [3.8, 4) is 0 Å². The van der Waals surface area contributed by atoms with Gasteiger partial charge in [-0.3, -0.25) is 9.48 Å². The van der Waals surface area contributed by atoms with Crippen LogP contribution in [0.4, 0.5) is 0 Å². The van der Waals surface area contributed by atoms with Crippen molar-refractivity contribution in [1.29, 1.82) is 0 Å². The number of thioether (sulfide) groups is 1. The first kappa shape index (κ1) is 17.8. The number of hydrogen-bond acceptors (Lipinski definition) is 4. The van der Waals surface area contributed by atoms with E-state index >= 15 is 0 Å². The Hall–Kier alpha value is -1.01. The van der Waals surface area contributed by atoms with Crippen LogP contribution in [-0.4, -0.2) is 57.3 Å². The van der Waals surface area contributed by atoms with E-state index in [0.29, 0.717) is 12.1 Å². The maximum absolute atomic E-state index is 13.0. The molecule has 1 fully saturated rings. The number of rotatable bonds is 5. The van der Waals surface area contributed by atoms with E-state index in [0.717, 1.165) is 62.5 Å². The molecule has 1 saturated heterocycles. The van der Waals surface area contributed by atoms with Gasteiger partial charge in [0.05, 0.1) is 0 Å². The minimum Gasteiger partial charge on any atom is -0.336 e. The Bertz CT molecular complexity index is 578. The summed E-state index contributed by atoms with van der Waals surface area (Å²) in [6.07, 6.45) is 4.14. The van der Waals surface area contributed by atoms with Crippen LogP contribution in [0.3, 0.4) is 0 Å². The number of nitrogens with zero attached hydrogens (tertiary/aromatic N) is 3. The Morgan fingerprint density at radius 2 is 2.12 bits per heavy atom. The topological polar surface area (TPSA) is 50.2 Å². The third kappa shape index (κ3) is 3.80. The van der Waals surface area contributed by atoms with Crippen LogP contribution in [-0.2, 0) is 19.4 Å². The Balaban J connectivity index is 1.87. The minimum absolute atomic E-state index is 0.145. The maximum Gasteiger partial charge on any atom is 0.274 e. The van der Waals surface area contributed by atoms with E-state index in [9.17, 15) is 4.79 Å². The van der Waals surface area contributed by atoms with Gasteiger partial charge in [0.1, 0.15) is 0 Å². The van der Waals surface area contributed by atoms with Crippen LogP contribution in [0.15, 0.2) is 0 Å². The second-order valence-corrected chi connectivity index (χ2v) is 8.39. The highest BCUT2D eigenvalue weighted by atomic mass is 32.2. The van der Waals surface area contributed by atoms with E-state index in [1.165, 1.54) is 11.3 Å². The number of aromatic nitrogens is 2. The van der Waals surface area contributed by atoms with E-state index < -0.39 is 0 Å². The van der Waals surface area contributed by atoms with Gasteiger partial charge in [-0.1, -0.05) is 20.8 Å². The fourth-order valence-corrected chi connectivity index (χ4v) is 4.69. The molecule has 1 unspecified atom stereocenters. The largest absolute Gasteiger partial charge is 0.336 e. The molecular formula is C18H30N4OS. The predicted octanol–water partition coefficient (Wildman–Crippen LogP) is 2.34. The van der Waals surface area contributed by atoms with Gasteiger partial charge in [0.15, 0.2) is 5.69 Å². The van der Waals surface area contributed by atoms with Crippen LogP contribution in [0.25, 0.3) is 0 Å². The first-order chi connectivity index (χ1) is 11.6. The molecule has 3 rings (SSSR count). The second-order valence-electron chi connectivity index (χ2n) is 7.16. The third-order valence-electron chi connectivity index (χ3n) is 4.85. The van der Waals surface area contributed by atoms with Gasteiger partial charge < -0.3 is 10.2 Å². The standard InChI is InChI=1S/C18H30N4OS/c1-4-7-22-16-6-5-14(19-13(2)3)12-15(16)17(20-22)18(23)21-8-10-24-11-9-21/h13-14,19H,4-12H2,1-3H3. The lowest BCUT2D eigenvalue weighted by molar-refractivity contribution is 0.0764. The van der Waals surface area contributed by atoms with E-state index in [1.807, 2.05) is 16.7 Å². The van der Waals surface area contributed by atoms with Crippen molar-refractivity contribution in [3.05, 3.63) is 17.0 Å². The lowest BCUT2D eigenvalue weighted by Gasteiger charge is -2.28. The second kappa shape index (κ2) is 7.91. The normalized spacial score (nSPS) is 21.2. The molecule has 0 aromatic carbocycles. The van der Waals surface area contributed by atoms with Crippen molar-refractivity contribution in [1.82, 2.24) is 20.0 Å². The van der Waals surface area contributed by atoms with Gasteiger partial charge in [0.25, 0.3) is 5.91 Å². The number of amides is 1. The summed E-state index contributed by atoms with van der Waals surface area (Å²) < 4.78 is 2.10. The maximum atomic E-state index is 13.0. The lowest BCUT2D eigenvalue weighted by Crippen LogP contribution is -2.41. The molecule has 1 N–H and O–H groups in total. The van der Waals surface area contributed by atoms with Gasteiger partial charge in [-0.25, -0.2) is 0 Å². The van der Waals surface area contributed by atoms with Crippen LogP contribution in [0.1, 0.15) is 55.4 Å². The zero-order valence-corrected chi connectivity index (χ0v) is 16.0. The fraction of sp³-hybridized carbons (Fsp3) is 0.778. The van der Waals surface area contributed by atoms with Crippen LogP contribution in [0.5, 0.6) is 0 Å². The summed E-state index contributed by atoms with van der Waals surface area (Å²) in [5.74, 6) is 2.23. The molecule has 1 atom stereocenters. The average Bonchev–Trinajstić information content (AvgIpc) is 2.93. The fourth-order valence-electron chi connectivity index (χ4n) is 3.79. The SMILES string of the molecule is CCCn1nc(C(=O)N2CCSCC2)c2c1CCC(NC(C)C)C2. The number of nitrogens with one attached hydrogen (secondary N) is 1. The van der Waals surface area contributed by atoms with Crippen molar-refractivity contribution >= 4 is 17.7 Å². The van der Waals surface area contributed by atoms with Crippen LogP contribution in [0, 0.1) is 0 Å². The zero-order chi connectivity index (χ0) is 17.1. The van der Waals surface area contributed by atoms with Crippen molar-refractivity contribution in [2.75, 3.05) is 24.6 Å². The number of carbonyl (C=O) groups is 1. The number of hydrogen-bond donors (Lipinski definition) is 1. The van der Waals surface area contributed by atoms with E-state index in [2.05, 4.69) is 30.8 Å². The first-order valence-corrected chi connectivity index (χ1v) is 10.5. The summed E-state index contributed by atoms with van der Waals surface area (Å²) in [6.45, 7) is 9.16. The Morgan fingerprint density at radius 1 is 1.38 bits per heavy atom. The molecule has 1 aliphatic heterocycles. The summed E-state index contributed by atoms with van der Waals surface area (Å²) in [7, 11) is 0. The van der Waals surface area contributed by atoms with Gasteiger partial charge in [0.2, 0.25) is 0 Å². The zero-order valence-electron chi connectivity index (χ0n) is 15.2. The average molecular weight is 351 g/mol. The summed E-state index contributed by atoms with van der Waals surface area (Å²) in [5, 5.41) is 8.41. The molecule has 1 aliphatic carbocycles. The van der Waals surface area contributed by atoms with Gasteiger partial charge in [0, 0.05) is 54.5 Å². The summed E-state index contributed by atoms with van der Waals surface area (Å²) in [5.41, 5.74) is 3.23. The molecule has 6 heteroatoms. The Morgan fingerprint density at radius 3 is 2.79 bits per heavy atom. The summed E-state index contributed by atoms with van der Waals surface area (Å²) >= 11 is 1.93. The quantitative estimate of drug-likeness (QED) is 0.885. The number of carbonyl (C=O) groups excluding carboxylic acids is 1. The van der Waals surface area contributed by atoms with E-state index in [1.54, 1.807) is 0 Å². The third-order valence-corrected chi connectivity index (χ3v) is 5.79. The smallest absolute Gasteiger partial charge is 0.274 e. The van der Waals surface area contributed by atoms with E-state index in [4.69, 9.17) is 5.10 Å². The molecule has 0 saturated carbocycles. The molecule has 0 radical (unpaired) electrons. The predicted molar refractivity (Wildman–Crippen MR) is 99.8 cm³/mol. The minimum atomic E-state index is 0.145. The first-order valence-electron chi connectivity index (χ1n) is 9.31. The molecule has 0 spiro atoms. The van der Waals surface area contributed by atoms with Crippen LogP contribution >= 0.6 is 11.8 Å². The van der Waals surface area contributed by atoms with Crippen molar-refractivity contribution in [3.63, 3.8) is 0 Å². The molecule has 0 bridgehead atoms. The Labute approximate surface area is 149 Å². The molecule has 2 aliphatic rings. The highest BCUT2D eigenvalue weighted by Crippen LogP contribution is 2.27. The summed E-state index contributed by atoms with van der Waals surface area (Å²) in [6, 6.07) is 0.931. The van der Waals surface area contributed by atoms with Crippen molar-refractivity contribution in [2.24, 2.45) is 0 Å². The number of fused-ring (bicyclic) bond motifs is 1. The number of aryl methyl sites for hydroxylation is 1. The Kier molecular flexibility index (Phi) is 5.87. The van der Waals surface area contributed by atoms with Gasteiger partial charge in [-0.05, 0) is 25.7 Å². The molecule has 5 nitrogen and oxygen atoms in total. The molecule has 1 amide bonds. The molecule has 1 aromatic heterocycles. The van der Waals surface area contributed by atoms with Gasteiger partial charge in [-0.2, -0.15) is 16.9 Å². The molecule has 134 valence electrons. The monoisotopic (exact) mass is 350 g/mol. The lowest BCUT2D eigenvalue weighted by atomic mass is 9.90. The van der Waals surface area contributed by atoms with Crippen molar-refractivity contribution in [2.45, 2.75) is 65.1 Å². The highest BCUT2D eigenvalue weighted by molar-refractivity contribution is 7.99. The van der Waals surface area contributed by atoms with E-state index in [-0.39, 0.29) is 5.91 Å². The van der Waals surface area contributed by atoms with Gasteiger partial charge in [-0.15, -0.1) is 0 Å². The summed E-state index contributed by atoms with van der Waals surface area (Å²) in [4.78, 5) is 15.0. The molecule has 24 heavy (non-hydrogen) atoms. The van der Waals surface area contributed by atoms with Crippen molar-refractivity contribution < 1.29 is 4.79 Å². The van der Waals surface area contributed by atoms with Crippen LogP contribution in [0.2, 0.25) is 0 Å². The molecule has 2 heterocycles. The van der Waals surface area contributed by atoms with Gasteiger partial charge >= 0.3 is 0 Å². The molecular weight excluding hydrogens is 320 g/mol. The molecule has 1 aromatic rings.